The van der Waals surface area contributed by atoms with Gasteiger partial charge in [-0.1, -0.05) is 6.07 Å². The van der Waals surface area contributed by atoms with Crippen molar-refractivity contribution in [2.45, 2.75) is 31.5 Å². The van der Waals surface area contributed by atoms with E-state index in [1.165, 1.54) is 0 Å². The summed E-state index contributed by atoms with van der Waals surface area (Å²) in [5.41, 5.74) is 1.20. The molecule has 1 saturated heterocycles. The van der Waals surface area contributed by atoms with Gasteiger partial charge in [0.15, 0.2) is 0 Å². The molecule has 1 atom stereocenters. The van der Waals surface area contributed by atoms with Crippen molar-refractivity contribution in [1.82, 2.24) is 0 Å². The van der Waals surface area contributed by atoms with E-state index in [9.17, 15) is 10.2 Å². The Morgan fingerprint density at radius 2 is 2.05 bits per heavy atom. The second-order valence-corrected chi connectivity index (χ2v) is 6.43. The number of nitrogens with zero attached hydrogens (tertiary/aromatic N) is 1. The predicted molar refractivity (Wildman–Crippen MR) is 83.0 cm³/mol. The maximum Gasteiger partial charge on any atom is 0.0865 e. The van der Waals surface area contributed by atoms with Crippen LogP contribution in [0.4, 0.5) is 5.69 Å². The number of aliphatic hydroxyl groups is 2. The van der Waals surface area contributed by atoms with Gasteiger partial charge in [-0.15, -0.1) is 0 Å². The molecule has 0 aromatic heterocycles. The first-order valence-corrected chi connectivity index (χ1v) is 7.69. The lowest BCUT2D eigenvalue weighted by Crippen LogP contribution is -2.45. The van der Waals surface area contributed by atoms with E-state index in [0.29, 0.717) is 32.6 Å². The summed E-state index contributed by atoms with van der Waals surface area (Å²) in [7, 11) is 1.97. The smallest absolute Gasteiger partial charge is 0.0865 e. The van der Waals surface area contributed by atoms with Crippen molar-refractivity contribution in [1.29, 1.82) is 0 Å². The molecule has 0 unspecified atom stereocenters. The average molecular weight is 344 g/mol. The summed E-state index contributed by atoms with van der Waals surface area (Å²) in [5, 5.41) is 20.2. The minimum absolute atomic E-state index is 0.481. The summed E-state index contributed by atoms with van der Waals surface area (Å²) < 4.78 is 6.23. The van der Waals surface area contributed by atoms with E-state index in [0.717, 1.165) is 15.7 Å². The van der Waals surface area contributed by atoms with E-state index in [4.69, 9.17) is 4.74 Å². The molecule has 1 fully saturated rings. The number of benzene rings is 1. The highest BCUT2D eigenvalue weighted by molar-refractivity contribution is 9.10. The van der Waals surface area contributed by atoms with E-state index < -0.39 is 11.7 Å². The van der Waals surface area contributed by atoms with Crippen LogP contribution in [0.1, 0.15) is 31.4 Å². The molecule has 2 rings (SSSR count). The molecule has 1 aliphatic heterocycles. The third-order valence-electron chi connectivity index (χ3n) is 3.82. The Morgan fingerprint density at radius 1 is 1.40 bits per heavy atom. The maximum absolute atomic E-state index is 10.6. The highest BCUT2D eigenvalue weighted by Gasteiger charge is 2.31. The van der Waals surface area contributed by atoms with E-state index in [1.807, 2.05) is 30.1 Å². The Morgan fingerprint density at radius 3 is 2.60 bits per heavy atom. The van der Waals surface area contributed by atoms with Gasteiger partial charge in [0, 0.05) is 44.1 Å². The first kappa shape index (κ1) is 15.8. The highest BCUT2D eigenvalue weighted by Crippen LogP contribution is 2.31. The molecule has 2 N–H and O–H groups in total. The quantitative estimate of drug-likeness (QED) is 0.881. The second-order valence-electron chi connectivity index (χ2n) is 5.58. The molecule has 1 heterocycles. The maximum atomic E-state index is 10.6. The monoisotopic (exact) mass is 343 g/mol. The molecule has 5 heteroatoms. The fraction of sp³-hybridized carbons (Fsp3) is 0.600. The Hall–Kier alpha value is -0.620. The number of hydrogen-bond acceptors (Lipinski definition) is 4. The first-order chi connectivity index (χ1) is 9.41. The minimum Gasteiger partial charge on any atom is -0.389 e. The lowest BCUT2D eigenvalue weighted by atomic mass is 9.93. The number of rotatable bonds is 4. The molecule has 20 heavy (non-hydrogen) atoms. The largest absolute Gasteiger partial charge is 0.389 e. The highest BCUT2D eigenvalue weighted by atomic mass is 79.9. The zero-order valence-electron chi connectivity index (χ0n) is 12.0. The van der Waals surface area contributed by atoms with Gasteiger partial charge < -0.3 is 19.8 Å². The average Bonchev–Trinajstić information content (AvgIpc) is 2.38. The van der Waals surface area contributed by atoms with Gasteiger partial charge in [-0.25, -0.2) is 0 Å². The summed E-state index contributed by atoms with van der Waals surface area (Å²) in [6.45, 7) is 3.55. The molecule has 112 valence electrons. The van der Waals surface area contributed by atoms with Gasteiger partial charge in [-0.05, 0) is 40.5 Å². The van der Waals surface area contributed by atoms with E-state index >= 15 is 0 Å². The molecule has 4 nitrogen and oxygen atoms in total. The zero-order valence-corrected chi connectivity index (χ0v) is 13.6. The Kier molecular flexibility index (Phi) is 5.07. The minimum atomic E-state index is -0.685. The zero-order chi connectivity index (χ0) is 14.8. The number of anilines is 1. The molecular formula is C15H22BrNO3. The van der Waals surface area contributed by atoms with Crippen molar-refractivity contribution in [3.8, 4) is 0 Å². The number of likely N-dealkylation sites (N-methyl/N-ethyl adjacent to an activating group) is 1. The van der Waals surface area contributed by atoms with Gasteiger partial charge in [-0.2, -0.15) is 0 Å². The molecule has 0 spiro atoms. The Balaban J connectivity index is 2.10. The van der Waals surface area contributed by atoms with Crippen molar-refractivity contribution < 1.29 is 14.9 Å². The van der Waals surface area contributed by atoms with Gasteiger partial charge in [0.25, 0.3) is 0 Å². The van der Waals surface area contributed by atoms with Gasteiger partial charge in [0.2, 0.25) is 0 Å². The van der Waals surface area contributed by atoms with Gasteiger partial charge in [-0.3, -0.25) is 0 Å². The molecule has 0 amide bonds. The summed E-state index contributed by atoms with van der Waals surface area (Å²) >= 11 is 3.54. The van der Waals surface area contributed by atoms with Crippen LogP contribution in [0.2, 0.25) is 0 Å². The first-order valence-electron chi connectivity index (χ1n) is 6.90. The van der Waals surface area contributed by atoms with Gasteiger partial charge in [0.1, 0.15) is 0 Å². The van der Waals surface area contributed by atoms with Crippen molar-refractivity contribution in [3.63, 3.8) is 0 Å². The van der Waals surface area contributed by atoms with Crippen molar-refractivity contribution in [2.75, 3.05) is 31.7 Å². The Labute approximate surface area is 128 Å². The predicted octanol–water partition coefficient (Wildman–Crippen LogP) is 2.48. The normalized spacial score (nSPS) is 19.6. The van der Waals surface area contributed by atoms with Gasteiger partial charge >= 0.3 is 0 Å². The van der Waals surface area contributed by atoms with Crippen LogP contribution in [-0.2, 0) is 4.74 Å². The summed E-state index contributed by atoms with van der Waals surface area (Å²) in [6, 6.07) is 5.80. The molecule has 1 aromatic carbocycles. The van der Waals surface area contributed by atoms with Crippen molar-refractivity contribution in [2.24, 2.45) is 0 Å². The summed E-state index contributed by atoms with van der Waals surface area (Å²) in [5.74, 6) is 0. The van der Waals surface area contributed by atoms with Crippen LogP contribution < -0.4 is 4.90 Å². The topological polar surface area (TPSA) is 52.9 Å². The van der Waals surface area contributed by atoms with Crippen LogP contribution in [0.15, 0.2) is 22.7 Å². The summed E-state index contributed by atoms with van der Waals surface area (Å²) in [6.07, 6.45) is 0.854. The van der Waals surface area contributed by atoms with Crippen LogP contribution >= 0.6 is 15.9 Å². The van der Waals surface area contributed by atoms with Crippen LogP contribution in [0.5, 0.6) is 0 Å². The van der Waals surface area contributed by atoms with Crippen LogP contribution in [0.3, 0.4) is 0 Å². The molecule has 1 aliphatic rings. The van der Waals surface area contributed by atoms with E-state index in [2.05, 4.69) is 15.9 Å². The molecule has 0 saturated carbocycles. The molecule has 0 aliphatic carbocycles. The summed E-state index contributed by atoms with van der Waals surface area (Å²) in [4.78, 5) is 2.04. The van der Waals surface area contributed by atoms with E-state index in [1.54, 1.807) is 6.92 Å². The number of aliphatic hydroxyl groups excluding tert-OH is 1. The second kappa shape index (κ2) is 6.43. The lowest BCUT2D eigenvalue weighted by Gasteiger charge is -2.36. The van der Waals surface area contributed by atoms with Crippen LogP contribution in [-0.4, -0.2) is 42.6 Å². The lowest BCUT2D eigenvalue weighted by molar-refractivity contribution is -0.0572. The SMILES string of the molecule is C[C@@H](O)c1ccc(N(C)CC2(O)CCOCC2)c(Br)c1. The fourth-order valence-electron chi connectivity index (χ4n) is 2.53. The molecule has 1 aromatic rings. The third-order valence-corrected chi connectivity index (χ3v) is 4.46. The standard InChI is InChI=1S/C15H22BrNO3/c1-11(18)12-3-4-14(13(16)9-12)17(2)10-15(19)5-7-20-8-6-15/h3-4,9,11,18-19H,5-8,10H2,1-2H3/t11-/m1/s1. The fourth-order valence-corrected chi connectivity index (χ4v) is 3.23. The van der Waals surface area contributed by atoms with Crippen molar-refractivity contribution >= 4 is 21.6 Å². The Bertz CT molecular complexity index is 458. The van der Waals surface area contributed by atoms with Crippen LogP contribution in [0.25, 0.3) is 0 Å². The van der Waals surface area contributed by atoms with Crippen LogP contribution in [0, 0.1) is 0 Å². The number of hydrogen-bond donors (Lipinski definition) is 2. The number of halogens is 1. The van der Waals surface area contributed by atoms with Gasteiger partial charge in [0.05, 0.1) is 17.4 Å². The third kappa shape index (κ3) is 3.73. The molecular weight excluding hydrogens is 322 g/mol. The molecule has 0 bridgehead atoms. The van der Waals surface area contributed by atoms with E-state index in [-0.39, 0.29) is 0 Å². The molecule has 0 radical (unpaired) electrons. The van der Waals surface area contributed by atoms with Crippen molar-refractivity contribution in [3.05, 3.63) is 28.2 Å². The number of ether oxygens (including phenoxy) is 1.